The van der Waals surface area contributed by atoms with E-state index in [-0.39, 0.29) is 12.7 Å². The van der Waals surface area contributed by atoms with Gasteiger partial charge in [0.1, 0.15) is 11.5 Å². The third-order valence-corrected chi connectivity index (χ3v) is 4.28. The highest BCUT2D eigenvalue weighted by Gasteiger charge is 2.20. The molecule has 4 rings (SSSR count). The molecule has 1 aliphatic rings. The second-order valence-corrected chi connectivity index (χ2v) is 6.08. The number of nitrogens with zero attached hydrogens (tertiary/aromatic N) is 2. The molecule has 1 aliphatic heterocycles. The Labute approximate surface area is 150 Å². The zero-order valence-electron chi connectivity index (χ0n) is 14.6. The van der Waals surface area contributed by atoms with Crippen LogP contribution in [0.4, 0.5) is 0 Å². The number of carbonyl (C=O) groups excluding carboxylic acids is 1. The molecule has 0 fully saturated rings. The summed E-state index contributed by atoms with van der Waals surface area (Å²) < 4.78 is 16.3. The average Bonchev–Trinajstić information content (AvgIpc) is 3.38. The zero-order valence-corrected chi connectivity index (χ0v) is 14.6. The molecule has 134 valence electrons. The molecule has 3 heterocycles. The second-order valence-electron chi connectivity index (χ2n) is 6.08. The number of hydrogen-bond donors (Lipinski definition) is 1. The van der Waals surface area contributed by atoms with Gasteiger partial charge in [-0.05, 0) is 43.7 Å². The van der Waals surface area contributed by atoms with Crippen molar-refractivity contribution in [3.8, 4) is 23.0 Å². The summed E-state index contributed by atoms with van der Waals surface area (Å²) in [5.41, 5.74) is 2.01. The molecule has 26 heavy (non-hydrogen) atoms. The van der Waals surface area contributed by atoms with Gasteiger partial charge in [-0.15, -0.1) is 0 Å². The van der Waals surface area contributed by atoms with Gasteiger partial charge >= 0.3 is 0 Å². The van der Waals surface area contributed by atoms with Gasteiger partial charge in [-0.1, -0.05) is 6.07 Å². The monoisotopic (exact) mass is 353 g/mol. The first-order chi connectivity index (χ1) is 12.6. The molecule has 0 radical (unpaired) electrons. The maximum Gasteiger partial charge on any atom is 0.274 e. The quantitative estimate of drug-likeness (QED) is 0.761. The number of furan rings is 1. The number of aromatic nitrogens is 2. The first kappa shape index (κ1) is 16.3. The molecule has 0 saturated carbocycles. The van der Waals surface area contributed by atoms with Gasteiger partial charge in [-0.25, -0.2) is 0 Å². The minimum absolute atomic E-state index is 0.143. The smallest absolute Gasteiger partial charge is 0.274 e. The molecule has 2 aromatic heterocycles. The van der Waals surface area contributed by atoms with Crippen LogP contribution in [0, 0.1) is 6.92 Å². The van der Waals surface area contributed by atoms with Gasteiger partial charge in [0.25, 0.3) is 5.91 Å². The van der Waals surface area contributed by atoms with Gasteiger partial charge in [0.2, 0.25) is 6.79 Å². The SMILES string of the molecule is CCN(Cc1ccc2c(c1)OCO2)C(=O)c1cc(-c2ccc(C)o2)[nH]n1. The summed E-state index contributed by atoms with van der Waals surface area (Å²) in [4.78, 5) is 14.5. The Kier molecular flexibility index (Phi) is 4.12. The van der Waals surface area contributed by atoms with Crippen molar-refractivity contribution in [1.29, 1.82) is 0 Å². The lowest BCUT2D eigenvalue weighted by Crippen LogP contribution is -2.30. The van der Waals surface area contributed by atoms with Crippen LogP contribution >= 0.6 is 0 Å². The molecule has 3 aromatic rings. The summed E-state index contributed by atoms with van der Waals surface area (Å²) in [6.45, 7) is 5.07. The van der Waals surface area contributed by atoms with E-state index in [9.17, 15) is 4.79 Å². The predicted octanol–water partition coefficient (Wildman–Crippen LogP) is 3.37. The van der Waals surface area contributed by atoms with Crippen molar-refractivity contribution in [2.75, 3.05) is 13.3 Å². The molecule has 7 nitrogen and oxygen atoms in total. The van der Waals surface area contributed by atoms with E-state index in [1.807, 2.05) is 44.2 Å². The number of ether oxygens (including phenoxy) is 2. The Bertz CT molecular complexity index is 944. The standard InChI is InChI=1S/C19H19N3O4/c1-3-22(10-13-5-7-17-18(8-13)25-11-24-17)19(23)15-9-14(20-21-15)16-6-4-12(2)26-16/h4-9H,3,10-11H2,1-2H3,(H,20,21). The number of rotatable bonds is 5. The van der Waals surface area contributed by atoms with E-state index >= 15 is 0 Å². The summed E-state index contributed by atoms with van der Waals surface area (Å²) in [5, 5.41) is 7.01. The first-order valence-corrected chi connectivity index (χ1v) is 8.44. The van der Waals surface area contributed by atoms with Crippen LogP contribution in [0.5, 0.6) is 11.5 Å². The van der Waals surface area contributed by atoms with Crippen LogP contribution in [0.1, 0.15) is 28.7 Å². The summed E-state index contributed by atoms with van der Waals surface area (Å²) >= 11 is 0. The third kappa shape index (κ3) is 3.03. The second kappa shape index (κ2) is 6.59. The van der Waals surface area contributed by atoms with E-state index in [2.05, 4.69) is 10.2 Å². The van der Waals surface area contributed by atoms with Gasteiger partial charge in [-0.3, -0.25) is 9.89 Å². The zero-order chi connectivity index (χ0) is 18.1. The van der Waals surface area contributed by atoms with E-state index in [0.29, 0.717) is 36.0 Å². The number of nitrogens with one attached hydrogen (secondary N) is 1. The highest BCUT2D eigenvalue weighted by molar-refractivity contribution is 5.93. The summed E-state index contributed by atoms with van der Waals surface area (Å²) in [5.74, 6) is 2.76. The predicted molar refractivity (Wildman–Crippen MR) is 94.0 cm³/mol. The van der Waals surface area contributed by atoms with Crippen molar-refractivity contribution in [3.63, 3.8) is 0 Å². The topological polar surface area (TPSA) is 80.6 Å². The normalized spacial score (nSPS) is 12.4. The van der Waals surface area contributed by atoms with E-state index in [4.69, 9.17) is 13.9 Å². The first-order valence-electron chi connectivity index (χ1n) is 8.44. The minimum Gasteiger partial charge on any atom is -0.460 e. The van der Waals surface area contributed by atoms with Gasteiger partial charge in [-0.2, -0.15) is 5.10 Å². The Morgan fingerprint density at radius 3 is 2.81 bits per heavy atom. The molecule has 1 N–H and O–H groups in total. The van der Waals surface area contributed by atoms with Gasteiger partial charge in [0.05, 0.1) is 0 Å². The molecule has 0 atom stereocenters. The van der Waals surface area contributed by atoms with Crippen LogP contribution in [-0.4, -0.2) is 34.3 Å². The summed E-state index contributed by atoms with van der Waals surface area (Å²) in [7, 11) is 0. The summed E-state index contributed by atoms with van der Waals surface area (Å²) in [6.07, 6.45) is 0. The number of benzene rings is 1. The molecule has 1 amide bonds. The minimum atomic E-state index is -0.143. The van der Waals surface area contributed by atoms with E-state index < -0.39 is 0 Å². The lowest BCUT2D eigenvalue weighted by atomic mass is 10.2. The lowest BCUT2D eigenvalue weighted by Gasteiger charge is -2.20. The molecule has 1 aromatic carbocycles. The number of hydrogen-bond acceptors (Lipinski definition) is 5. The van der Waals surface area contributed by atoms with E-state index in [0.717, 1.165) is 17.1 Å². The largest absolute Gasteiger partial charge is 0.460 e. The Morgan fingerprint density at radius 1 is 1.19 bits per heavy atom. The molecule has 0 aliphatic carbocycles. The maximum absolute atomic E-state index is 12.8. The fourth-order valence-corrected chi connectivity index (χ4v) is 2.89. The number of H-pyrrole nitrogens is 1. The molecular weight excluding hydrogens is 334 g/mol. The van der Waals surface area contributed by atoms with Crippen molar-refractivity contribution < 1.29 is 18.7 Å². The number of aryl methyl sites for hydroxylation is 1. The molecule has 0 bridgehead atoms. The highest BCUT2D eigenvalue weighted by Crippen LogP contribution is 2.33. The van der Waals surface area contributed by atoms with Crippen molar-refractivity contribution >= 4 is 5.91 Å². The lowest BCUT2D eigenvalue weighted by molar-refractivity contribution is 0.0746. The van der Waals surface area contributed by atoms with E-state index in [1.54, 1.807) is 11.0 Å². The van der Waals surface area contributed by atoms with Gasteiger partial charge in [0.15, 0.2) is 23.0 Å². The van der Waals surface area contributed by atoms with Gasteiger partial charge in [0, 0.05) is 19.2 Å². The Balaban J connectivity index is 1.51. The van der Waals surface area contributed by atoms with E-state index in [1.165, 1.54) is 0 Å². The molecule has 0 unspecified atom stereocenters. The number of carbonyl (C=O) groups is 1. The Hall–Kier alpha value is -3.22. The fourth-order valence-electron chi connectivity index (χ4n) is 2.89. The van der Waals surface area contributed by atoms with Crippen LogP contribution in [-0.2, 0) is 6.54 Å². The van der Waals surface area contributed by atoms with Crippen LogP contribution < -0.4 is 9.47 Å². The third-order valence-electron chi connectivity index (χ3n) is 4.28. The van der Waals surface area contributed by atoms with Crippen molar-refractivity contribution in [2.45, 2.75) is 20.4 Å². The molecule has 7 heteroatoms. The fraction of sp³-hybridized carbons (Fsp3) is 0.263. The molecule has 0 spiro atoms. The van der Waals surface area contributed by atoms with Crippen molar-refractivity contribution in [1.82, 2.24) is 15.1 Å². The van der Waals surface area contributed by atoms with Gasteiger partial charge < -0.3 is 18.8 Å². The number of fused-ring (bicyclic) bond motifs is 1. The summed E-state index contributed by atoms with van der Waals surface area (Å²) in [6, 6.07) is 11.1. The maximum atomic E-state index is 12.8. The number of aromatic amines is 1. The molecular formula is C19H19N3O4. The van der Waals surface area contributed by atoms with Crippen molar-refractivity contribution in [3.05, 3.63) is 53.4 Å². The van der Waals surface area contributed by atoms with Crippen molar-refractivity contribution in [2.24, 2.45) is 0 Å². The van der Waals surface area contributed by atoms with Crippen LogP contribution in [0.2, 0.25) is 0 Å². The highest BCUT2D eigenvalue weighted by atomic mass is 16.7. The number of amides is 1. The average molecular weight is 353 g/mol. The van der Waals surface area contributed by atoms with Crippen LogP contribution in [0.25, 0.3) is 11.5 Å². The van der Waals surface area contributed by atoms with Crippen LogP contribution in [0.15, 0.2) is 40.8 Å². The Morgan fingerprint density at radius 2 is 2.04 bits per heavy atom. The molecule has 0 saturated heterocycles. The van der Waals surface area contributed by atoms with Crippen LogP contribution in [0.3, 0.4) is 0 Å².